The van der Waals surface area contributed by atoms with Crippen LogP contribution < -0.4 is 10.2 Å². The summed E-state index contributed by atoms with van der Waals surface area (Å²) in [6.45, 7) is 5.76. The van der Waals surface area contributed by atoms with Crippen molar-refractivity contribution in [2.24, 2.45) is 0 Å². The fraction of sp³-hybridized carbons (Fsp3) is 0.364. The number of nitrogens with zero attached hydrogens (tertiary/aromatic N) is 1. The second-order valence-corrected chi connectivity index (χ2v) is 6.81. The van der Waals surface area contributed by atoms with Crippen molar-refractivity contribution in [3.8, 4) is 0 Å². The molecule has 0 aliphatic carbocycles. The topological polar surface area (TPSA) is 58.6 Å². The maximum Gasteiger partial charge on any atom is 0.258 e. The first-order chi connectivity index (χ1) is 13.1. The van der Waals surface area contributed by atoms with Gasteiger partial charge in [-0.1, -0.05) is 18.2 Å². The molecule has 0 spiro atoms. The van der Waals surface area contributed by atoms with Crippen LogP contribution in [0.15, 0.2) is 48.5 Å². The summed E-state index contributed by atoms with van der Waals surface area (Å²) in [4.78, 5) is 27.2. The first-order valence-electron chi connectivity index (χ1n) is 9.47. The predicted molar refractivity (Wildman–Crippen MR) is 106 cm³/mol. The Morgan fingerprint density at radius 2 is 1.93 bits per heavy atom. The van der Waals surface area contributed by atoms with Gasteiger partial charge in [-0.05, 0) is 62.6 Å². The van der Waals surface area contributed by atoms with E-state index in [2.05, 4.69) is 5.32 Å². The molecule has 142 valence electrons. The van der Waals surface area contributed by atoms with Crippen LogP contribution in [-0.4, -0.2) is 37.6 Å². The summed E-state index contributed by atoms with van der Waals surface area (Å²) >= 11 is 0. The van der Waals surface area contributed by atoms with Gasteiger partial charge >= 0.3 is 0 Å². The number of anilines is 1. The van der Waals surface area contributed by atoms with Crippen LogP contribution in [-0.2, 0) is 4.74 Å². The molecule has 3 rings (SSSR count). The Labute approximate surface area is 160 Å². The second kappa shape index (κ2) is 8.82. The molecule has 0 saturated carbocycles. The zero-order valence-electron chi connectivity index (χ0n) is 15.9. The van der Waals surface area contributed by atoms with E-state index in [1.54, 1.807) is 29.2 Å². The number of nitrogens with one attached hydrogen (secondary N) is 1. The molecule has 1 unspecified atom stereocenters. The van der Waals surface area contributed by atoms with E-state index in [-0.39, 0.29) is 17.9 Å². The number of amides is 2. The molecule has 5 heteroatoms. The average molecular weight is 366 g/mol. The first-order valence-corrected chi connectivity index (χ1v) is 9.47. The lowest BCUT2D eigenvalue weighted by molar-refractivity contribution is 0.0858. The molecule has 5 nitrogen and oxygen atoms in total. The molecule has 1 aliphatic rings. The fourth-order valence-corrected chi connectivity index (χ4v) is 3.30. The summed E-state index contributed by atoms with van der Waals surface area (Å²) in [5.74, 6) is -0.296. The average Bonchev–Trinajstić information content (AvgIpc) is 3.20. The van der Waals surface area contributed by atoms with E-state index in [4.69, 9.17) is 4.74 Å². The van der Waals surface area contributed by atoms with Crippen LogP contribution >= 0.6 is 0 Å². The number of carbonyl (C=O) groups is 2. The summed E-state index contributed by atoms with van der Waals surface area (Å²) in [6, 6.07) is 14.7. The quantitative estimate of drug-likeness (QED) is 0.850. The summed E-state index contributed by atoms with van der Waals surface area (Å²) in [5, 5.41) is 2.90. The highest BCUT2D eigenvalue weighted by molar-refractivity contribution is 6.07. The van der Waals surface area contributed by atoms with Crippen molar-refractivity contribution >= 4 is 17.5 Å². The third-order valence-corrected chi connectivity index (χ3v) is 4.76. The van der Waals surface area contributed by atoms with Crippen LogP contribution in [0.4, 0.5) is 5.69 Å². The Balaban J connectivity index is 1.73. The van der Waals surface area contributed by atoms with Gasteiger partial charge in [-0.15, -0.1) is 0 Å². The van der Waals surface area contributed by atoms with Gasteiger partial charge in [0.15, 0.2) is 0 Å². The Hall–Kier alpha value is -2.66. The Morgan fingerprint density at radius 3 is 2.63 bits per heavy atom. The maximum atomic E-state index is 13.0. The van der Waals surface area contributed by atoms with E-state index in [1.807, 2.05) is 38.1 Å². The van der Waals surface area contributed by atoms with Gasteiger partial charge in [0.2, 0.25) is 0 Å². The van der Waals surface area contributed by atoms with Crippen molar-refractivity contribution in [2.75, 3.05) is 24.6 Å². The van der Waals surface area contributed by atoms with Gasteiger partial charge in [0.1, 0.15) is 0 Å². The zero-order chi connectivity index (χ0) is 19.2. The van der Waals surface area contributed by atoms with Crippen molar-refractivity contribution in [2.45, 2.75) is 32.8 Å². The summed E-state index contributed by atoms with van der Waals surface area (Å²) in [5.41, 5.74) is 2.94. The Kier molecular flexibility index (Phi) is 6.24. The van der Waals surface area contributed by atoms with Crippen molar-refractivity contribution < 1.29 is 14.3 Å². The van der Waals surface area contributed by atoms with Crippen LogP contribution in [0, 0.1) is 6.92 Å². The highest BCUT2D eigenvalue weighted by atomic mass is 16.5. The monoisotopic (exact) mass is 366 g/mol. The molecule has 1 aliphatic heterocycles. The number of hydrogen-bond donors (Lipinski definition) is 1. The SMILES string of the molecule is CCN(C(=O)c1cccc(C(=O)NCC2CCCO2)c1)c1cccc(C)c1. The lowest BCUT2D eigenvalue weighted by Gasteiger charge is -2.22. The minimum absolute atomic E-state index is 0.0932. The predicted octanol–water partition coefficient (Wildman–Crippen LogP) is 3.57. The maximum absolute atomic E-state index is 13.0. The molecule has 27 heavy (non-hydrogen) atoms. The summed E-state index contributed by atoms with van der Waals surface area (Å²) in [6.07, 6.45) is 2.10. The van der Waals surface area contributed by atoms with Crippen LogP contribution in [0.25, 0.3) is 0 Å². The highest BCUT2D eigenvalue weighted by Gasteiger charge is 2.19. The number of ether oxygens (including phenoxy) is 1. The van der Waals surface area contributed by atoms with E-state index in [1.165, 1.54) is 0 Å². The van der Waals surface area contributed by atoms with Crippen LogP contribution in [0.1, 0.15) is 46.0 Å². The number of aryl methyl sites for hydroxylation is 1. The molecule has 2 aromatic carbocycles. The Bertz CT molecular complexity index is 813. The highest BCUT2D eigenvalue weighted by Crippen LogP contribution is 2.19. The molecule has 1 atom stereocenters. The first kappa shape index (κ1) is 19.1. The molecule has 0 bridgehead atoms. The van der Waals surface area contributed by atoms with E-state index in [9.17, 15) is 9.59 Å². The van der Waals surface area contributed by atoms with Crippen LogP contribution in [0.5, 0.6) is 0 Å². The van der Waals surface area contributed by atoms with E-state index >= 15 is 0 Å². The minimum Gasteiger partial charge on any atom is -0.376 e. The van der Waals surface area contributed by atoms with Gasteiger partial charge in [-0.2, -0.15) is 0 Å². The van der Waals surface area contributed by atoms with Crippen molar-refractivity contribution in [1.29, 1.82) is 0 Å². The van der Waals surface area contributed by atoms with Gasteiger partial charge in [0.25, 0.3) is 11.8 Å². The third kappa shape index (κ3) is 4.74. The fourth-order valence-electron chi connectivity index (χ4n) is 3.30. The van der Waals surface area contributed by atoms with Crippen molar-refractivity contribution in [3.05, 3.63) is 65.2 Å². The van der Waals surface area contributed by atoms with Gasteiger partial charge in [0.05, 0.1) is 6.10 Å². The molecule has 2 aromatic rings. The van der Waals surface area contributed by atoms with E-state index in [0.29, 0.717) is 24.2 Å². The largest absolute Gasteiger partial charge is 0.376 e. The molecule has 0 radical (unpaired) electrons. The van der Waals surface area contributed by atoms with E-state index < -0.39 is 0 Å². The minimum atomic E-state index is -0.182. The molecular weight excluding hydrogens is 340 g/mol. The normalized spacial score (nSPS) is 16.1. The van der Waals surface area contributed by atoms with Crippen molar-refractivity contribution in [3.63, 3.8) is 0 Å². The second-order valence-electron chi connectivity index (χ2n) is 6.81. The molecule has 1 N–H and O–H groups in total. The van der Waals surface area contributed by atoms with E-state index in [0.717, 1.165) is 30.7 Å². The van der Waals surface area contributed by atoms with Crippen molar-refractivity contribution in [1.82, 2.24) is 5.32 Å². The number of rotatable bonds is 6. The lowest BCUT2D eigenvalue weighted by atomic mass is 10.1. The number of carbonyl (C=O) groups excluding carboxylic acids is 2. The lowest BCUT2D eigenvalue weighted by Crippen LogP contribution is -2.33. The standard InChI is InChI=1S/C22H26N2O3/c1-3-24(19-10-4-7-16(2)13-19)22(26)18-9-5-8-17(14-18)21(25)23-15-20-11-6-12-27-20/h4-5,7-10,13-14,20H,3,6,11-12,15H2,1-2H3,(H,23,25). The van der Waals surface area contributed by atoms with Gasteiger partial charge in [-0.3, -0.25) is 9.59 Å². The van der Waals surface area contributed by atoms with Gasteiger partial charge in [-0.25, -0.2) is 0 Å². The molecule has 1 saturated heterocycles. The summed E-state index contributed by atoms with van der Waals surface area (Å²) < 4.78 is 5.53. The molecule has 0 aromatic heterocycles. The number of benzene rings is 2. The smallest absolute Gasteiger partial charge is 0.258 e. The summed E-state index contributed by atoms with van der Waals surface area (Å²) in [7, 11) is 0. The van der Waals surface area contributed by atoms with Crippen LogP contribution in [0.2, 0.25) is 0 Å². The molecule has 1 fully saturated rings. The van der Waals surface area contributed by atoms with Crippen LogP contribution in [0.3, 0.4) is 0 Å². The number of hydrogen-bond acceptors (Lipinski definition) is 3. The zero-order valence-corrected chi connectivity index (χ0v) is 15.9. The van der Waals surface area contributed by atoms with Gasteiger partial charge in [0, 0.05) is 36.5 Å². The third-order valence-electron chi connectivity index (χ3n) is 4.76. The van der Waals surface area contributed by atoms with Gasteiger partial charge < -0.3 is 15.0 Å². The molecule has 1 heterocycles. The Morgan fingerprint density at radius 1 is 1.15 bits per heavy atom. The molecular formula is C22H26N2O3. The molecule has 2 amide bonds.